The van der Waals surface area contributed by atoms with Gasteiger partial charge in [-0.1, -0.05) is 90.4 Å². The van der Waals surface area contributed by atoms with Crippen molar-refractivity contribution in [3.05, 3.63) is 0 Å². The third-order valence-electron chi connectivity index (χ3n) is 4.85. The van der Waals surface area contributed by atoms with Crippen LogP contribution in [0.2, 0.25) is 0 Å². The Morgan fingerprint density at radius 1 is 0.704 bits per heavy atom. The molecule has 0 aromatic carbocycles. The van der Waals surface area contributed by atoms with Gasteiger partial charge in [-0.3, -0.25) is 4.57 Å². The molecule has 4 nitrogen and oxygen atoms in total. The number of hydrogen-bond donors (Lipinski definition) is 0. The Morgan fingerprint density at radius 3 is 1.56 bits per heavy atom. The van der Waals surface area contributed by atoms with Crippen LogP contribution in [0.4, 0.5) is 0 Å². The highest BCUT2D eigenvalue weighted by atomic mass is 31.2. The summed E-state index contributed by atoms with van der Waals surface area (Å²) in [6, 6.07) is 0. The Hall–Kier alpha value is 0.110. The molecule has 0 bridgehead atoms. The molecule has 0 N–H and O–H groups in total. The summed E-state index contributed by atoms with van der Waals surface area (Å²) in [6.45, 7) is 7.13. The molecule has 0 fully saturated rings. The molecule has 164 valence electrons. The van der Waals surface area contributed by atoms with Gasteiger partial charge in [0.25, 0.3) is 0 Å². The summed E-state index contributed by atoms with van der Waals surface area (Å²) in [5.74, 6) is 0. The number of methoxy groups -OCH3 is 1. The minimum absolute atomic E-state index is 0.134. The van der Waals surface area contributed by atoms with Crippen molar-refractivity contribution in [3.63, 3.8) is 0 Å². The van der Waals surface area contributed by atoms with E-state index in [1.54, 1.807) is 20.4 Å². The van der Waals surface area contributed by atoms with Crippen LogP contribution in [0, 0.1) is 0 Å². The molecule has 0 radical (unpaired) electrons. The Kier molecular flexibility index (Phi) is 19.5. The van der Waals surface area contributed by atoms with Crippen molar-refractivity contribution < 1.29 is 18.6 Å². The molecular formula is C22H47O4P. The molecule has 27 heavy (non-hydrogen) atoms. The second kappa shape index (κ2) is 19.4. The van der Waals surface area contributed by atoms with Gasteiger partial charge >= 0.3 is 0 Å². The van der Waals surface area contributed by atoms with Crippen molar-refractivity contribution >= 4 is 7.37 Å². The van der Waals surface area contributed by atoms with Gasteiger partial charge in [0, 0.05) is 27.0 Å². The lowest BCUT2D eigenvalue weighted by molar-refractivity contribution is -0.0144. The Bertz CT molecular complexity index is 343. The summed E-state index contributed by atoms with van der Waals surface area (Å²) < 4.78 is 27.8. The number of unbranched alkanes of at least 4 members (excludes halogenated alkanes) is 13. The van der Waals surface area contributed by atoms with Gasteiger partial charge in [-0.15, -0.1) is 0 Å². The van der Waals surface area contributed by atoms with Gasteiger partial charge < -0.3 is 14.0 Å². The molecule has 0 amide bonds. The Labute approximate surface area is 169 Å². The van der Waals surface area contributed by atoms with E-state index in [-0.39, 0.29) is 6.10 Å². The van der Waals surface area contributed by atoms with Crippen LogP contribution < -0.4 is 0 Å². The van der Waals surface area contributed by atoms with Gasteiger partial charge in [0.05, 0.1) is 13.2 Å². The highest BCUT2D eigenvalue weighted by Crippen LogP contribution is 2.37. The van der Waals surface area contributed by atoms with Crippen LogP contribution in [0.15, 0.2) is 0 Å². The van der Waals surface area contributed by atoms with Crippen LogP contribution >= 0.6 is 7.37 Å². The molecule has 0 saturated carbocycles. The van der Waals surface area contributed by atoms with Crippen LogP contribution in [0.1, 0.15) is 96.8 Å². The zero-order valence-electron chi connectivity index (χ0n) is 18.7. The molecule has 1 atom stereocenters. The zero-order chi connectivity index (χ0) is 20.2. The smallest absolute Gasteiger partial charge is 0.197 e. The van der Waals surface area contributed by atoms with Gasteiger partial charge in [0.1, 0.15) is 6.10 Å². The highest BCUT2D eigenvalue weighted by molar-refractivity contribution is 7.57. The van der Waals surface area contributed by atoms with E-state index in [9.17, 15) is 4.57 Å². The Balaban J connectivity index is 3.25. The molecule has 0 rings (SSSR count). The maximum atomic E-state index is 11.5. The van der Waals surface area contributed by atoms with E-state index >= 15 is 0 Å². The van der Waals surface area contributed by atoms with Crippen LogP contribution in [0.5, 0.6) is 0 Å². The van der Waals surface area contributed by atoms with Gasteiger partial charge in [0.15, 0.2) is 7.37 Å². The van der Waals surface area contributed by atoms with Gasteiger partial charge in [-0.25, -0.2) is 0 Å². The predicted octanol–water partition coefficient (Wildman–Crippen LogP) is 7.05. The van der Waals surface area contributed by atoms with Crippen molar-refractivity contribution in [2.24, 2.45) is 0 Å². The van der Waals surface area contributed by atoms with E-state index < -0.39 is 7.37 Å². The number of hydrogen-bond acceptors (Lipinski definition) is 4. The molecule has 0 aliphatic rings. The maximum Gasteiger partial charge on any atom is 0.197 e. The van der Waals surface area contributed by atoms with Crippen LogP contribution in [0.3, 0.4) is 0 Å². The topological polar surface area (TPSA) is 44.8 Å². The fourth-order valence-electron chi connectivity index (χ4n) is 3.06. The SMILES string of the molecule is CCCCCCCCCCCCCCCCOCC(COP(C)(C)=O)OC. The molecule has 0 heterocycles. The fraction of sp³-hybridized carbons (Fsp3) is 1.00. The lowest BCUT2D eigenvalue weighted by Crippen LogP contribution is -2.24. The lowest BCUT2D eigenvalue weighted by Gasteiger charge is -2.17. The monoisotopic (exact) mass is 406 g/mol. The standard InChI is InChI=1S/C22H47O4P/c1-5-6-7-8-9-10-11-12-13-14-15-16-17-18-19-25-20-22(24-2)21-26-27(3,4)23/h22H,5-21H2,1-4H3. The molecule has 0 aliphatic carbocycles. The first-order valence-electron chi connectivity index (χ1n) is 11.3. The summed E-state index contributed by atoms with van der Waals surface area (Å²) in [6.07, 6.45) is 19.0. The van der Waals surface area contributed by atoms with Crippen molar-refractivity contribution in [1.29, 1.82) is 0 Å². The average Bonchev–Trinajstić information content (AvgIpc) is 2.63. The first kappa shape index (κ1) is 27.1. The molecule has 5 heteroatoms. The Morgan fingerprint density at radius 2 is 1.15 bits per heavy atom. The molecule has 0 spiro atoms. The molecule has 0 aliphatic heterocycles. The van der Waals surface area contributed by atoms with E-state index in [2.05, 4.69) is 6.92 Å². The van der Waals surface area contributed by atoms with E-state index in [4.69, 9.17) is 14.0 Å². The van der Waals surface area contributed by atoms with Crippen LogP contribution in [-0.4, -0.2) is 46.4 Å². The van der Waals surface area contributed by atoms with Crippen molar-refractivity contribution in [2.45, 2.75) is 103 Å². The number of rotatable bonds is 21. The summed E-state index contributed by atoms with van der Waals surface area (Å²) in [4.78, 5) is 0. The van der Waals surface area contributed by atoms with Crippen molar-refractivity contribution in [3.8, 4) is 0 Å². The molecule has 0 aromatic heterocycles. The van der Waals surface area contributed by atoms with Gasteiger partial charge in [-0.2, -0.15) is 0 Å². The van der Waals surface area contributed by atoms with E-state index in [1.165, 1.54) is 83.5 Å². The first-order valence-corrected chi connectivity index (χ1v) is 13.8. The van der Waals surface area contributed by atoms with Crippen LogP contribution in [-0.2, 0) is 18.6 Å². The van der Waals surface area contributed by atoms with E-state index in [0.717, 1.165) is 13.0 Å². The second-order valence-electron chi connectivity index (χ2n) is 8.08. The second-order valence-corrected chi connectivity index (χ2v) is 10.8. The van der Waals surface area contributed by atoms with E-state index in [0.29, 0.717) is 13.2 Å². The molecular weight excluding hydrogens is 359 g/mol. The summed E-state index contributed by atoms with van der Waals surface area (Å²) in [5, 5.41) is 0. The third-order valence-corrected chi connectivity index (χ3v) is 5.62. The summed E-state index contributed by atoms with van der Waals surface area (Å²) >= 11 is 0. The lowest BCUT2D eigenvalue weighted by atomic mass is 10.0. The minimum atomic E-state index is -2.44. The highest BCUT2D eigenvalue weighted by Gasteiger charge is 2.13. The van der Waals surface area contributed by atoms with Crippen molar-refractivity contribution in [1.82, 2.24) is 0 Å². The van der Waals surface area contributed by atoms with Crippen LogP contribution in [0.25, 0.3) is 0 Å². The molecule has 1 unspecified atom stereocenters. The fourth-order valence-corrected chi connectivity index (χ4v) is 3.59. The predicted molar refractivity (Wildman–Crippen MR) is 117 cm³/mol. The first-order chi connectivity index (χ1) is 13.0. The van der Waals surface area contributed by atoms with Crippen molar-refractivity contribution in [2.75, 3.05) is 40.3 Å². The average molecular weight is 407 g/mol. The zero-order valence-corrected chi connectivity index (χ0v) is 19.6. The molecule has 0 saturated heterocycles. The third kappa shape index (κ3) is 22.3. The normalized spacial score (nSPS) is 13.2. The minimum Gasteiger partial charge on any atom is -0.379 e. The summed E-state index contributed by atoms with van der Waals surface area (Å²) in [7, 11) is -0.805. The number of ether oxygens (including phenoxy) is 2. The van der Waals surface area contributed by atoms with E-state index in [1.807, 2.05) is 0 Å². The summed E-state index contributed by atoms with van der Waals surface area (Å²) in [5.41, 5.74) is 0. The molecule has 0 aromatic rings. The maximum absolute atomic E-state index is 11.5. The van der Waals surface area contributed by atoms with Gasteiger partial charge in [0.2, 0.25) is 0 Å². The van der Waals surface area contributed by atoms with Gasteiger partial charge in [-0.05, 0) is 6.42 Å². The largest absolute Gasteiger partial charge is 0.379 e. The quantitative estimate of drug-likeness (QED) is 0.151.